The van der Waals surface area contributed by atoms with Gasteiger partial charge in [-0.3, -0.25) is 0 Å². The first-order chi connectivity index (χ1) is 4.09. The van der Waals surface area contributed by atoms with E-state index in [0.29, 0.717) is 0 Å². The Hall–Kier alpha value is 0.706. The molecule has 0 heterocycles. The second kappa shape index (κ2) is 6.42. The van der Waals surface area contributed by atoms with Crippen LogP contribution in [0.15, 0.2) is 5.18 Å². The molecule has 0 aromatic heterocycles. The van der Waals surface area contributed by atoms with E-state index in [1.165, 1.54) is 0 Å². The predicted octanol–water partition coefficient (Wildman–Crippen LogP) is 0.214. The first-order valence-electron chi connectivity index (χ1n) is 2.65. The van der Waals surface area contributed by atoms with E-state index >= 15 is 0 Å². The number of carbonyl (C=O) groups is 1. The van der Waals surface area contributed by atoms with Crippen LogP contribution in [0.4, 0.5) is 0 Å². The molecule has 5 heteroatoms. The molecule has 0 aliphatic carbocycles. The molecule has 0 aromatic rings. The topological polar surface area (TPSA) is 66.7 Å². The molecule has 1 atom stereocenters. The minimum absolute atomic E-state index is 0. The van der Waals surface area contributed by atoms with Gasteiger partial charge in [-0.25, -0.2) is 4.79 Å². The number of hydrogen-bond acceptors (Lipinski definition) is 3. The SMILES string of the molecule is CC(C)C(N=O)C(=O)O.[KH]. The van der Waals surface area contributed by atoms with E-state index in [9.17, 15) is 9.70 Å². The first-order valence-corrected chi connectivity index (χ1v) is 2.65. The third-order valence-electron chi connectivity index (χ3n) is 0.998. The van der Waals surface area contributed by atoms with Gasteiger partial charge in [-0.1, -0.05) is 19.0 Å². The van der Waals surface area contributed by atoms with Crippen LogP contribution in [0, 0.1) is 10.8 Å². The van der Waals surface area contributed by atoms with Crippen molar-refractivity contribution in [2.75, 3.05) is 0 Å². The molecule has 54 valence electrons. The van der Waals surface area contributed by atoms with Gasteiger partial charge < -0.3 is 5.11 Å². The molecule has 1 unspecified atom stereocenters. The van der Waals surface area contributed by atoms with Gasteiger partial charge in [0.1, 0.15) is 0 Å². The molecule has 0 amide bonds. The monoisotopic (exact) mass is 171 g/mol. The third-order valence-corrected chi connectivity index (χ3v) is 0.998. The van der Waals surface area contributed by atoms with Gasteiger partial charge in [0.25, 0.3) is 0 Å². The summed E-state index contributed by atoms with van der Waals surface area (Å²) in [5.41, 5.74) is 0. The molecule has 0 aromatic carbocycles. The second-order valence-electron chi connectivity index (χ2n) is 2.13. The van der Waals surface area contributed by atoms with Gasteiger partial charge in [0, 0.05) is 0 Å². The van der Waals surface area contributed by atoms with E-state index < -0.39 is 12.0 Å². The first kappa shape index (κ1) is 13.3. The Morgan fingerprint density at radius 1 is 1.50 bits per heavy atom. The van der Waals surface area contributed by atoms with Crippen LogP contribution in [0.3, 0.4) is 0 Å². The summed E-state index contributed by atoms with van der Waals surface area (Å²) in [5.74, 6) is -1.38. The van der Waals surface area contributed by atoms with Gasteiger partial charge in [-0.2, -0.15) is 0 Å². The van der Waals surface area contributed by atoms with Crippen LogP contribution in [-0.4, -0.2) is 68.5 Å². The second-order valence-corrected chi connectivity index (χ2v) is 2.13. The Bertz CT molecular complexity index is 126. The average Bonchev–Trinajstić information content (AvgIpc) is 1.64. The Kier molecular flexibility index (Phi) is 8.54. The maximum absolute atomic E-state index is 10.1. The summed E-state index contributed by atoms with van der Waals surface area (Å²) in [7, 11) is 0. The number of rotatable bonds is 3. The average molecular weight is 171 g/mol. The molecule has 0 saturated carbocycles. The summed E-state index contributed by atoms with van der Waals surface area (Å²) < 4.78 is 0. The number of hydrogen-bond donors (Lipinski definition) is 1. The number of aliphatic carboxylic acids is 1. The van der Waals surface area contributed by atoms with Crippen molar-refractivity contribution in [3.05, 3.63) is 4.91 Å². The standard InChI is InChI=1S/C5H9NO3.K.H/c1-3(2)4(6-9)5(7)8;;/h3-4H,1-2H3,(H,7,8);;. The van der Waals surface area contributed by atoms with E-state index in [4.69, 9.17) is 5.11 Å². The van der Waals surface area contributed by atoms with Crippen molar-refractivity contribution in [2.24, 2.45) is 11.1 Å². The summed E-state index contributed by atoms with van der Waals surface area (Å²) in [4.78, 5) is 19.8. The fraction of sp³-hybridized carbons (Fsp3) is 0.800. The zero-order valence-corrected chi connectivity index (χ0v) is 5.37. The van der Waals surface area contributed by atoms with Crippen LogP contribution in [-0.2, 0) is 4.79 Å². The van der Waals surface area contributed by atoms with Gasteiger partial charge in [-0.15, -0.1) is 4.91 Å². The summed E-state index contributed by atoms with van der Waals surface area (Å²) >= 11 is 0. The summed E-state index contributed by atoms with van der Waals surface area (Å²) in [6.45, 7) is 3.28. The molecule has 0 bridgehead atoms. The van der Waals surface area contributed by atoms with Crippen molar-refractivity contribution < 1.29 is 9.90 Å². The van der Waals surface area contributed by atoms with Crippen molar-refractivity contribution in [3.8, 4) is 0 Å². The molecule has 0 aliphatic heterocycles. The quantitative estimate of drug-likeness (QED) is 0.487. The summed E-state index contributed by atoms with van der Waals surface area (Å²) in [6, 6.07) is -1.09. The molecule has 0 aliphatic rings. The van der Waals surface area contributed by atoms with Crippen LogP contribution >= 0.6 is 0 Å². The number of carboxylic acids is 1. The molecular weight excluding hydrogens is 161 g/mol. The Morgan fingerprint density at radius 2 is 1.90 bits per heavy atom. The van der Waals surface area contributed by atoms with Crippen molar-refractivity contribution >= 4 is 57.4 Å². The number of nitroso groups, excluding NO2 is 1. The summed E-state index contributed by atoms with van der Waals surface area (Å²) in [5, 5.41) is 10.7. The van der Waals surface area contributed by atoms with Crippen molar-refractivity contribution in [1.82, 2.24) is 0 Å². The molecule has 0 spiro atoms. The Labute approximate surface area is 102 Å². The van der Waals surface area contributed by atoms with Gasteiger partial charge >= 0.3 is 57.4 Å². The van der Waals surface area contributed by atoms with Crippen molar-refractivity contribution in [3.63, 3.8) is 0 Å². The molecule has 4 nitrogen and oxygen atoms in total. The van der Waals surface area contributed by atoms with Gasteiger partial charge in [-0.05, 0) is 5.92 Å². The van der Waals surface area contributed by atoms with E-state index in [0.717, 1.165) is 0 Å². The van der Waals surface area contributed by atoms with E-state index in [-0.39, 0.29) is 57.3 Å². The number of nitrogens with zero attached hydrogens (tertiary/aromatic N) is 1. The zero-order valence-electron chi connectivity index (χ0n) is 5.37. The van der Waals surface area contributed by atoms with Crippen LogP contribution in [0.5, 0.6) is 0 Å². The van der Waals surface area contributed by atoms with Gasteiger partial charge in [0.05, 0.1) is 0 Å². The Morgan fingerprint density at radius 3 is 1.90 bits per heavy atom. The van der Waals surface area contributed by atoms with Crippen molar-refractivity contribution in [2.45, 2.75) is 19.9 Å². The van der Waals surface area contributed by atoms with Crippen LogP contribution in [0.1, 0.15) is 13.8 Å². The third kappa shape index (κ3) is 4.51. The molecule has 0 fully saturated rings. The molecule has 0 saturated heterocycles. The maximum atomic E-state index is 10.1. The zero-order chi connectivity index (χ0) is 7.44. The molecule has 0 rings (SSSR count). The van der Waals surface area contributed by atoms with Gasteiger partial charge in [0.2, 0.25) is 0 Å². The molecular formula is C5H10KNO3. The Balaban J connectivity index is 0. The number of carboxylic acid groups (broad SMARTS) is 1. The van der Waals surface area contributed by atoms with Crippen LogP contribution in [0.2, 0.25) is 0 Å². The van der Waals surface area contributed by atoms with Crippen LogP contribution in [0.25, 0.3) is 0 Å². The van der Waals surface area contributed by atoms with Crippen molar-refractivity contribution in [1.29, 1.82) is 0 Å². The molecule has 0 radical (unpaired) electrons. The molecule has 1 N–H and O–H groups in total. The normalized spacial score (nSPS) is 11.9. The van der Waals surface area contributed by atoms with E-state index in [1.54, 1.807) is 13.8 Å². The van der Waals surface area contributed by atoms with E-state index in [1.807, 2.05) is 0 Å². The van der Waals surface area contributed by atoms with E-state index in [2.05, 4.69) is 5.18 Å². The molecule has 10 heavy (non-hydrogen) atoms. The summed E-state index contributed by atoms with van der Waals surface area (Å²) in [6.07, 6.45) is 0. The minimum atomic E-state index is -1.15. The fourth-order valence-electron chi connectivity index (χ4n) is 0.452. The van der Waals surface area contributed by atoms with Crippen LogP contribution < -0.4 is 0 Å². The van der Waals surface area contributed by atoms with Gasteiger partial charge in [0.15, 0.2) is 6.04 Å². The predicted molar refractivity (Wildman–Crippen MR) is 39.2 cm³/mol. The fourth-order valence-corrected chi connectivity index (χ4v) is 0.452.